The summed E-state index contributed by atoms with van der Waals surface area (Å²) in [6, 6.07) is 8.62. The molecule has 1 aromatic heterocycles. The van der Waals surface area contributed by atoms with Crippen LogP contribution in [0.5, 0.6) is 0 Å². The van der Waals surface area contributed by atoms with E-state index in [9.17, 15) is 0 Å². The highest BCUT2D eigenvalue weighted by atomic mass is 32.2. The van der Waals surface area contributed by atoms with Gasteiger partial charge in [0, 0.05) is 28.3 Å². The third-order valence-electron chi connectivity index (χ3n) is 2.79. The van der Waals surface area contributed by atoms with E-state index in [1.807, 2.05) is 11.8 Å². The normalized spacial score (nSPS) is 12.6. The van der Waals surface area contributed by atoms with Crippen LogP contribution in [0.1, 0.15) is 25.5 Å². The van der Waals surface area contributed by atoms with Crippen LogP contribution < -0.4 is 5.73 Å². The Hall–Kier alpha value is -0.840. The maximum absolute atomic E-state index is 5.67. The second-order valence-electron chi connectivity index (χ2n) is 4.17. The number of nitrogens with zero attached hydrogens (tertiary/aromatic N) is 1. The van der Waals surface area contributed by atoms with Gasteiger partial charge in [-0.15, -0.1) is 23.1 Å². The molecule has 2 nitrogen and oxygen atoms in total. The molecule has 18 heavy (non-hydrogen) atoms. The number of nitrogens with two attached hydrogens (primary N) is 1. The average molecular weight is 278 g/mol. The molecule has 1 aromatic carbocycles. The quantitative estimate of drug-likeness (QED) is 0.841. The van der Waals surface area contributed by atoms with Gasteiger partial charge in [-0.1, -0.05) is 26.0 Å². The summed E-state index contributed by atoms with van der Waals surface area (Å²) < 4.78 is 0. The van der Waals surface area contributed by atoms with Crippen LogP contribution in [0.15, 0.2) is 34.5 Å². The SMILES string of the molecule is CCSc1ccc(-c2nc(C(C)CN)cs2)cc1. The largest absolute Gasteiger partial charge is 0.330 e. The van der Waals surface area contributed by atoms with Crippen molar-refractivity contribution in [2.75, 3.05) is 12.3 Å². The first-order valence-corrected chi connectivity index (χ1v) is 7.99. The summed E-state index contributed by atoms with van der Waals surface area (Å²) in [5.74, 6) is 1.44. The fraction of sp³-hybridized carbons (Fsp3) is 0.357. The Balaban J connectivity index is 2.18. The van der Waals surface area contributed by atoms with Crippen molar-refractivity contribution in [2.45, 2.75) is 24.7 Å². The number of benzene rings is 1. The summed E-state index contributed by atoms with van der Waals surface area (Å²) in [6.45, 7) is 4.93. The number of thiazole rings is 1. The molecule has 2 rings (SSSR count). The molecule has 2 aromatic rings. The van der Waals surface area contributed by atoms with E-state index >= 15 is 0 Å². The third-order valence-corrected chi connectivity index (χ3v) is 4.60. The molecule has 4 heteroatoms. The molecule has 0 radical (unpaired) electrons. The van der Waals surface area contributed by atoms with Crippen LogP contribution in [0.2, 0.25) is 0 Å². The van der Waals surface area contributed by atoms with Crippen LogP contribution in [0.4, 0.5) is 0 Å². The van der Waals surface area contributed by atoms with Gasteiger partial charge in [-0.3, -0.25) is 0 Å². The third kappa shape index (κ3) is 3.13. The van der Waals surface area contributed by atoms with Crippen LogP contribution in [0, 0.1) is 0 Å². The number of thioether (sulfide) groups is 1. The molecular formula is C14H18N2S2. The lowest BCUT2D eigenvalue weighted by atomic mass is 10.1. The van der Waals surface area contributed by atoms with E-state index in [1.165, 1.54) is 10.5 Å². The van der Waals surface area contributed by atoms with Gasteiger partial charge in [0.2, 0.25) is 0 Å². The number of rotatable bonds is 5. The first-order chi connectivity index (χ1) is 8.74. The molecule has 0 saturated heterocycles. The predicted molar refractivity (Wildman–Crippen MR) is 81.4 cm³/mol. The zero-order valence-electron chi connectivity index (χ0n) is 10.7. The minimum atomic E-state index is 0.338. The molecule has 0 spiro atoms. The van der Waals surface area contributed by atoms with E-state index in [0.717, 1.165) is 16.5 Å². The van der Waals surface area contributed by atoms with Crippen LogP contribution in [0.25, 0.3) is 10.6 Å². The minimum absolute atomic E-state index is 0.338. The molecule has 96 valence electrons. The second-order valence-corrected chi connectivity index (χ2v) is 6.37. The van der Waals surface area contributed by atoms with Gasteiger partial charge in [0.15, 0.2) is 0 Å². The number of hydrogen-bond acceptors (Lipinski definition) is 4. The van der Waals surface area contributed by atoms with Crippen molar-refractivity contribution in [3.8, 4) is 10.6 Å². The lowest BCUT2D eigenvalue weighted by Crippen LogP contribution is -2.08. The van der Waals surface area contributed by atoms with Crippen molar-refractivity contribution in [2.24, 2.45) is 5.73 Å². The van der Waals surface area contributed by atoms with Crippen molar-refractivity contribution in [1.29, 1.82) is 0 Å². The number of hydrogen-bond donors (Lipinski definition) is 1. The average Bonchev–Trinajstić information content (AvgIpc) is 2.89. The van der Waals surface area contributed by atoms with Crippen molar-refractivity contribution >= 4 is 23.1 Å². The van der Waals surface area contributed by atoms with Gasteiger partial charge >= 0.3 is 0 Å². The Bertz CT molecular complexity index is 491. The van der Waals surface area contributed by atoms with E-state index in [-0.39, 0.29) is 0 Å². The van der Waals surface area contributed by atoms with Crippen LogP contribution in [-0.2, 0) is 0 Å². The molecular weight excluding hydrogens is 260 g/mol. The molecule has 0 amide bonds. The van der Waals surface area contributed by atoms with Crippen LogP contribution in [-0.4, -0.2) is 17.3 Å². The summed E-state index contributed by atoms with van der Waals surface area (Å²) in [6.07, 6.45) is 0. The predicted octanol–water partition coefficient (Wildman–Crippen LogP) is 3.98. The molecule has 0 saturated carbocycles. The van der Waals surface area contributed by atoms with E-state index in [2.05, 4.69) is 48.5 Å². The van der Waals surface area contributed by atoms with Crippen LogP contribution in [0.3, 0.4) is 0 Å². The maximum Gasteiger partial charge on any atom is 0.123 e. The van der Waals surface area contributed by atoms with E-state index in [0.29, 0.717) is 12.5 Å². The first-order valence-electron chi connectivity index (χ1n) is 6.13. The topological polar surface area (TPSA) is 38.9 Å². The summed E-state index contributed by atoms with van der Waals surface area (Å²) in [4.78, 5) is 5.97. The van der Waals surface area contributed by atoms with E-state index in [4.69, 9.17) is 5.73 Å². The highest BCUT2D eigenvalue weighted by Gasteiger charge is 2.09. The van der Waals surface area contributed by atoms with Crippen molar-refractivity contribution in [3.05, 3.63) is 35.3 Å². The summed E-state index contributed by atoms with van der Waals surface area (Å²) in [5, 5.41) is 3.19. The minimum Gasteiger partial charge on any atom is -0.330 e. The van der Waals surface area contributed by atoms with Gasteiger partial charge in [-0.2, -0.15) is 0 Å². The lowest BCUT2D eigenvalue weighted by Gasteiger charge is -2.03. The zero-order valence-corrected chi connectivity index (χ0v) is 12.4. The monoisotopic (exact) mass is 278 g/mol. The zero-order chi connectivity index (χ0) is 13.0. The Morgan fingerprint density at radius 2 is 2.06 bits per heavy atom. The van der Waals surface area contributed by atoms with Crippen molar-refractivity contribution in [1.82, 2.24) is 4.98 Å². The summed E-state index contributed by atoms with van der Waals surface area (Å²) in [5.41, 5.74) is 7.96. The maximum atomic E-state index is 5.67. The molecule has 0 bridgehead atoms. The second kappa shape index (κ2) is 6.36. The summed E-state index contributed by atoms with van der Waals surface area (Å²) >= 11 is 3.55. The molecule has 0 fully saturated rings. The van der Waals surface area contributed by atoms with Crippen molar-refractivity contribution < 1.29 is 0 Å². The van der Waals surface area contributed by atoms with Crippen LogP contribution >= 0.6 is 23.1 Å². The molecule has 2 N–H and O–H groups in total. The molecule has 0 aliphatic heterocycles. The first kappa shape index (κ1) is 13.6. The van der Waals surface area contributed by atoms with Gasteiger partial charge in [-0.05, 0) is 17.9 Å². The van der Waals surface area contributed by atoms with Gasteiger partial charge in [-0.25, -0.2) is 4.98 Å². The number of aromatic nitrogens is 1. The highest BCUT2D eigenvalue weighted by molar-refractivity contribution is 7.99. The fourth-order valence-corrected chi connectivity index (χ4v) is 3.24. The van der Waals surface area contributed by atoms with E-state index in [1.54, 1.807) is 11.3 Å². The van der Waals surface area contributed by atoms with Gasteiger partial charge < -0.3 is 5.73 Å². The molecule has 0 aliphatic rings. The molecule has 1 heterocycles. The van der Waals surface area contributed by atoms with E-state index < -0.39 is 0 Å². The smallest absolute Gasteiger partial charge is 0.123 e. The van der Waals surface area contributed by atoms with Gasteiger partial charge in [0.1, 0.15) is 5.01 Å². The lowest BCUT2D eigenvalue weighted by molar-refractivity contribution is 0.752. The molecule has 1 atom stereocenters. The fourth-order valence-electron chi connectivity index (χ4n) is 1.63. The Morgan fingerprint density at radius 1 is 1.33 bits per heavy atom. The Labute approximate surface area is 117 Å². The molecule has 0 aliphatic carbocycles. The summed E-state index contributed by atoms with van der Waals surface area (Å²) in [7, 11) is 0. The van der Waals surface area contributed by atoms with Gasteiger partial charge in [0.25, 0.3) is 0 Å². The van der Waals surface area contributed by atoms with Gasteiger partial charge in [0.05, 0.1) is 5.69 Å². The Morgan fingerprint density at radius 3 is 2.67 bits per heavy atom. The highest BCUT2D eigenvalue weighted by Crippen LogP contribution is 2.28. The Kier molecular flexibility index (Phi) is 4.80. The molecule has 1 unspecified atom stereocenters. The van der Waals surface area contributed by atoms with Crippen molar-refractivity contribution in [3.63, 3.8) is 0 Å². The standard InChI is InChI=1S/C14H18N2S2/c1-3-17-12-6-4-11(5-7-12)14-16-13(9-18-14)10(2)8-15/h4-7,9-10H,3,8,15H2,1-2H3.